The van der Waals surface area contributed by atoms with Crippen LogP contribution in [0.3, 0.4) is 0 Å². The molecule has 1 heterocycles. The van der Waals surface area contributed by atoms with Gasteiger partial charge >= 0.3 is 0 Å². The Balaban J connectivity index is 2.06. The summed E-state index contributed by atoms with van der Waals surface area (Å²) in [4.78, 5) is 3.84. The third-order valence-electron chi connectivity index (χ3n) is 2.97. The number of rotatable bonds is 4. The van der Waals surface area contributed by atoms with Gasteiger partial charge in [0, 0.05) is 12.7 Å². The van der Waals surface area contributed by atoms with Gasteiger partial charge in [0.05, 0.1) is 0 Å². The molecule has 6 heteroatoms. The Morgan fingerprint density at radius 1 is 1.59 bits per heavy atom. The third kappa shape index (κ3) is 2.81. The fourth-order valence-electron chi connectivity index (χ4n) is 1.59. The Morgan fingerprint density at radius 3 is 2.76 bits per heavy atom. The predicted octanol–water partition coefficient (Wildman–Crippen LogP) is 0.888. The molecule has 1 N–H and O–H groups in total. The summed E-state index contributed by atoms with van der Waals surface area (Å²) in [6.07, 6.45) is 2.28. The molecule has 1 aromatic heterocycles. The summed E-state index contributed by atoms with van der Waals surface area (Å²) in [5.41, 5.74) is 0.208. The zero-order chi connectivity index (χ0) is 12.5. The Labute approximate surface area is 101 Å². The van der Waals surface area contributed by atoms with Crippen molar-refractivity contribution in [1.29, 1.82) is 5.26 Å². The lowest BCUT2D eigenvalue weighted by molar-refractivity contribution is 0.574. The summed E-state index contributed by atoms with van der Waals surface area (Å²) in [5.74, 6) is 1.06. The first kappa shape index (κ1) is 12.0. The number of hydrogen-bond donors (Lipinski definition) is 1. The van der Waals surface area contributed by atoms with Gasteiger partial charge in [-0.15, -0.1) is 0 Å². The van der Waals surface area contributed by atoms with Crippen LogP contribution in [0.15, 0.2) is 23.2 Å². The maximum absolute atomic E-state index is 11.8. The van der Waals surface area contributed by atoms with E-state index in [1.165, 1.54) is 18.3 Å². The number of pyridine rings is 1. The number of hydrogen-bond acceptors (Lipinski definition) is 4. The summed E-state index contributed by atoms with van der Waals surface area (Å²) in [6, 6.07) is 4.64. The molecule has 0 amide bonds. The standard InChI is InChI=1S/C11H13N3O2S/c1-8-4-9(8)6-14-17(15,16)11-3-2-10(5-12)13-7-11/h2-3,7-9,14H,4,6H2,1H3. The maximum Gasteiger partial charge on any atom is 0.242 e. The van der Waals surface area contributed by atoms with E-state index in [2.05, 4.69) is 16.6 Å². The van der Waals surface area contributed by atoms with Gasteiger partial charge in [-0.25, -0.2) is 18.1 Å². The fraction of sp³-hybridized carbons (Fsp3) is 0.455. The van der Waals surface area contributed by atoms with Crippen LogP contribution in [0.1, 0.15) is 19.0 Å². The zero-order valence-corrected chi connectivity index (χ0v) is 10.2. The van der Waals surface area contributed by atoms with Gasteiger partial charge in [0.15, 0.2) is 0 Å². The van der Waals surface area contributed by atoms with Crippen LogP contribution >= 0.6 is 0 Å². The van der Waals surface area contributed by atoms with E-state index in [9.17, 15) is 8.42 Å². The fourth-order valence-corrected chi connectivity index (χ4v) is 2.63. The Hall–Kier alpha value is -1.45. The third-order valence-corrected chi connectivity index (χ3v) is 4.38. The molecule has 1 aliphatic carbocycles. The first-order chi connectivity index (χ1) is 8.03. The molecule has 1 saturated carbocycles. The maximum atomic E-state index is 11.8. The highest BCUT2D eigenvalue weighted by molar-refractivity contribution is 7.89. The van der Waals surface area contributed by atoms with Crippen molar-refractivity contribution in [3.05, 3.63) is 24.0 Å². The average Bonchev–Trinajstić information content (AvgIpc) is 3.03. The smallest absolute Gasteiger partial charge is 0.242 e. The average molecular weight is 251 g/mol. The van der Waals surface area contributed by atoms with E-state index in [0.717, 1.165) is 6.42 Å². The molecule has 2 atom stereocenters. The molecule has 0 spiro atoms. The van der Waals surface area contributed by atoms with Crippen molar-refractivity contribution in [2.45, 2.75) is 18.2 Å². The summed E-state index contributed by atoms with van der Waals surface area (Å²) in [6.45, 7) is 2.58. The quantitative estimate of drug-likeness (QED) is 0.861. The second-order valence-electron chi connectivity index (χ2n) is 4.32. The minimum Gasteiger partial charge on any atom is -0.244 e. The monoisotopic (exact) mass is 251 g/mol. The van der Waals surface area contributed by atoms with E-state index in [1.807, 2.05) is 6.07 Å². The number of nitriles is 1. The summed E-state index contributed by atoms with van der Waals surface area (Å²) in [5, 5.41) is 8.57. The van der Waals surface area contributed by atoms with Gasteiger partial charge in [0.2, 0.25) is 10.0 Å². The molecule has 90 valence electrons. The highest BCUT2D eigenvalue weighted by atomic mass is 32.2. The molecule has 2 unspecified atom stereocenters. The molecule has 0 aliphatic heterocycles. The van der Waals surface area contributed by atoms with Crippen LogP contribution in [-0.2, 0) is 10.0 Å². The van der Waals surface area contributed by atoms with Gasteiger partial charge in [0.1, 0.15) is 16.7 Å². The van der Waals surface area contributed by atoms with E-state index in [-0.39, 0.29) is 10.6 Å². The molecule has 5 nitrogen and oxygen atoms in total. The van der Waals surface area contributed by atoms with E-state index >= 15 is 0 Å². The first-order valence-corrected chi connectivity index (χ1v) is 6.87. The van der Waals surface area contributed by atoms with Crippen molar-refractivity contribution >= 4 is 10.0 Å². The molecule has 0 bridgehead atoms. The molecule has 1 fully saturated rings. The van der Waals surface area contributed by atoms with Crippen LogP contribution in [0.5, 0.6) is 0 Å². The van der Waals surface area contributed by atoms with Crippen LogP contribution < -0.4 is 4.72 Å². The van der Waals surface area contributed by atoms with Gasteiger partial charge in [0.25, 0.3) is 0 Å². The van der Waals surface area contributed by atoms with E-state index < -0.39 is 10.0 Å². The highest BCUT2D eigenvalue weighted by Gasteiger charge is 2.33. The second-order valence-corrected chi connectivity index (χ2v) is 6.08. The van der Waals surface area contributed by atoms with Crippen LogP contribution in [0.2, 0.25) is 0 Å². The summed E-state index contributed by atoms with van der Waals surface area (Å²) < 4.78 is 26.2. The van der Waals surface area contributed by atoms with Gasteiger partial charge in [-0.3, -0.25) is 0 Å². The molecule has 0 saturated heterocycles. The largest absolute Gasteiger partial charge is 0.244 e. The van der Waals surface area contributed by atoms with E-state index in [4.69, 9.17) is 5.26 Å². The number of sulfonamides is 1. The minimum absolute atomic E-state index is 0.102. The Morgan fingerprint density at radius 2 is 2.29 bits per heavy atom. The van der Waals surface area contributed by atoms with Crippen LogP contribution in [0, 0.1) is 23.2 Å². The summed E-state index contributed by atoms with van der Waals surface area (Å²) in [7, 11) is -3.49. The number of nitrogens with one attached hydrogen (secondary N) is 1. The Kier molecular flexibility index (Phi) is 3.13. The van der Waals surface area contributed by atoms with E-state index in [1.54, 1.807) is 0 Å². The van der Waals surface area contributed by atoms with Crippen LogP contribution in [-0.4, -0.2) is 19.9 Å². The van der Waals surface area contributed by atoms with Gasteiger partial charge < -0.3 is 0 Å². The molecular formula is C11H13N3O2S. The SMILES string of the molecule is CC1CC1CNS(=O)(=O)c1ccc(C#N)nc1. The molecule has 17 heavy (non-hydrogen) atoms. The second kappa shape index (κ2) is 4.43. The molecular weight excluding hydrogens is 238 g/mol. The van der Waals surface area contributed by atoms with Crippen molar-refractivity contribution in [1.82, 2.24) is 9.71 Å². The Bertz CT molecular complexity index is 545. The normalized spacial score (nSPS) is 23.1. The van der Waals surface area contributed by atoms with Crippen LogP contribution in [0.25, 0.3) is 0 Å². The van der Waals surface area contributed by atoms with Gasteiger partial charge in [-0.1, -0.05) is 6.92 Å². The molecule has 1 aromatic rings. The van der Waals surface area contributed by atoms with Gasteiger partial charge in [-0.2, -0.15) is 5.26 Å². The van der Waals surface area contributed by atoms with Crippen molar-refractivity contribution in [2.75, 3.05) is 6.54 Å². The number of nitrogens with zero attached hydrogens (tertiary/aromatic N) is 2. The first-order valence-electron chi connectivity index (χ1n) is 5.39. The van der Waals surface area contributed by atoms with E-state index in [0.29, 0.717) is 18.4 Å². The van der Waals surface area contributed by atoms with Crippen molar-refractivity contribution in [2.24, 2.45) is 11.8 Å². The molecule has 0 radical (unpaired) electrons. The van der Waals surface area contributed by atoms with Gasteiger partial charge in [-0.05, 0) is 30.4 Å². The lowest BCUT2D eigenvalue weighted by Crippen LogP contribution is -2.26. The topological polar surface area (TPSA) is 82.9 Å². The summed E-state index contributed by atoms with van der Waals surface area (Å²) >= 11 is 0. The molecule has 0 aromatic carbocycles. The predicted molar refractivity (Wildman–Crippen MR) is 61.4 cm³/mol. The van der Waals surface area contributed by atoms with Crippen molar-refractivity contribution in [3.63, 3.8) is 0 Å². The number of aromatic nitrogens is 1. The van der Waals surface area contributed by atoms with Crippen molar-refractivity contribution in [3.8, 4) is 6.07 Å². The minimum atomic E-state index is -3.49. The zero-order valence-electron chi connectivity index (χ0n) is 9.42. The van der Waals surface area contributed by atoms with Crippen LogP contribution in [0.4, 0.5) is 0 Å². The molecule has 1 aliphatic rings. The van der Waals surface area contributed by atoms with Crippen molar-refractivity contribution < 1.29 is 8.42 Å². The molecule has 2 rings (SSSR count). The lowest BCUT2D eigenvalue weighted by atomic mass is 10.3. The lowest BCUT2D eigenvalue weighted by Gasteiger charge is -2.05. The highest BCUT2D eigenvalue weighted by Crippen LogP contribution is 2.37.